The summed E-state index contributed by atoms with van der Waals surface area (Å²) in [6.07, 6.45) is 1.90. The minimum absolute atomic E-state index is 0.102. The molecular formula is C16H19FN2OS. The first kappa shape index (κ1) is 15.5. The lowest BCUT2D eigenvalue weighted by Crippen LogP contribution is -2.08. The van der Waals surface area contributed by atoms with Crippen molar-refractivity contribution in [2.24, 2.45) is 0 Å². The summed E-state index contributed by atoms with van der Waals surface area (Å²) < 4.78 is 19.3. The number of para-hydroxylation sites is 1. The first-order chi connectivity index (χ1) is 10.0. The van der Waals surface area contributed by atoms with Crippen LogP contribution in [0.2, 0.25) is 0 Å². The van der Waals surface area contributed by atoms with Gasteiger partial charge in [-0.3, -0.25) is 0 Å². The fourth-order valence-electron chi connectivity index (χ4n) is 1.91. The highest BCUT2D eigenvalue weighted by Crippen LogP contribution is 2.34. The molecule has 0 amide bonds. The van der Waals surface area contributed by atoms with Crippen LogP contribution in [0.4, 0.5) is 21.5 Å². The van der Waals surface area contributed by atoms with E-state index in [1.807, 2.05) is 44.4 Å². The molecule has 112 valence electrons. The van der Waals surface area contributed by atoms with Crippen LogP contribution in [0.25, 0.3) is 0 Å². The number of ether oxygens (including phenoxy) is 1. The number of halogens is 1. The minimum Gasteiger partial charge on any atom is -0.488 e. The van der Waals surface area contributed by atoms with Gasteiger partial charge in [-0.15, -0.1) is 11.8 Å². The van der Waals surface area contributed by atoms with Gasteiger partial charge in [0.1, 0.15) is 0 Å². The normalized spacial score (nSPS) is 10.7. The van der Waals surface area contributed by atoms with Crippen molar-refractivity contribution in [2.75, 3.05) is 17.3 Å². The van der Waals surface area contributed by atoms with E-state index in [1.165, 1.54) is 6.07 Å². The summed E-state index contributed by atoms with van der Waals surface area (Å²) in [5.74, 6) is -0.256. The highest BCUT2D eigenvalue weighted by molar-refractivity contribution is 7.98. The van der Waals surface area contributed by atoms with Crippen LogP contribution in [0, 0.1) is 5.82 Å². The topological polar surface area (TPSA) is 47.3 Å². The predicted octanol–water partition coefficient (Wildman–Crippen LogP) is 4.66. The van der Waals surface area contributed by atoms with Gasteiger partial charge >= 0.3 is 0 Å². The van der Waals surface area contributed by atoms with Crippen molar-refractivity contribution in [3.05, 3.63) is 42.2 Å². The van der Waals surface area contributed by atoms with Crippen molar-refractivity contribution in [1.82, 2.24) is 0 Å². The number of nitrogen functional groups attached to an aromatic ring is 1. The molecule has 0 radical (unpaired) electrons. The van der Waals surface area contributed by atoms with Crippen molar-refractivity contribution >= 4 is 28.8 Å². The van der Waals surface area contributed by atoms with Crippen molar-refractivity contribution < 1.29 is 9.13 Å². The SMILES string of the molecule is CSc1ccccc1Nc1cc(OC(C)C)c(F)cc1N. The van der Waals surface area contributed by atoms with Gasteiger partial charge in [-0.05, 0) is 32.2 Å². The fraction of sp³-hybridized carbons (Fsp3) is 0.250. The zero-order valence-electron chi connectivity index (χ0n) is 12.3. The molecule has 0 atom stereocenters. The Morgan fingerprint density at radius 2 is 1.90 bits per heavy atom. The molecule has 2 aromatic rings. The molecular weight excluding hydrogens is 287 g/mol. The molecule has 0 fully saturated rings. The molecule has 0 unspecified atom stereocenters. The van der Waals surface area contributed by atoms with Crippen LogP contribution in [0.15, 0.2) is 41.3 Å². The van der Waals surface area contributed by atoms with Crippen molar-refractivity contribution in [3.8, 4) is 5.75 Å². The molecule has 3 nitrogen and oxygen atoms in total. The molecule has 0 heterocycles. The summed E-state index contributed by atoms with van der Waals surface area (Å²) in [5.41, 5.74) is 7.80. The first-order valence-corrected chi connectivity index (χ1v) is 7.89. The van der Waals surface area contributed by atoms with Crippen LogP contribution in [-0.2, 0) is 0 Å². The van der Waals surface area contributed by atoms with E-state index >= 15 is 0 Å². The number of anilines is 3. The van der Waals surface area contributed by atoms with Gasteiger partial charge in [-0.2, -0.15) is 0 Å². The Kier molecular flexibility index (Phi) is 4.96. The van der Waals surface area contributed by atoms with E-state index in [9.17, 15) is 4.39 Å². The largest absolute Gasteiger partial charge is 0.488 e. The second-order valence-corrected chi connectivity index (χ2v) is 5.71. The lowest BCUT2D eigenvalue weighted by Gasteiger charge is -2.16. The standard InChI is InChI=1S/C16H19FN2OS/c1-10(2)20-15-9-14(12(18)8-11(15)17)19-13-6-4-5-7-16(13)21-3/h4-10,19H,18H2,1-3H3. The van der Waals surface area contributed by atoms with Crippen LogP contribution in [0.3, 0.4) is 0 Å². The first-order valence-electron chi connectivity index (χ1n) is 6.67. The van der Waals surface area contributed by atoms with Gasteiger partial charge in [0.15, 0.2) is 11.6 Å². The van der Waals surface area contributed by atoms with Crippen LogP contribution < -0.4 is 15.8 Å². The summed E-state index contributed by atoms with van der Waals surface area (Å²) in [5, 5.41) is 3.24. The molecule has 0 bridgehead atoms. The van der Waals surface area contributed by atoms with E-state index in [0.717, 1.165) is 10.6 Å². The number of nitrogens with two attached hydrogens (primary N) is 1. The Morgan fingerprint density at radius 3 is 2.57 bits per heavy atom. The van der Waals surface area contributed by atoms with Crippen LogP contribution in [0.5, 0.6) is 5.75 Å². The van der Waals surface area contributed by atoms with Crippen LogP contribution >= 0.6 is 11.8 Å². The molecule has 0 aliphatic carbocycles. The molecule has 0 aromatic heterocycles. The Hall–Kier alpha value is -1.88. The molecule has 2 aromatic carbocycles. The maximum absolute atomic E-state index is 13.8. The zero-order valence-corrected chi connectivity index (χ0v) is 13.1. The lowest BCUT2D eigenvalue weighted by atomic mass is 10.2. The Balaban J connectivity index is 2.35. The summed E-state index contributed by atoms with van der Waals surface area (Å²) >= 11 is 1.63. The highest BCUT2D eigenvalue weighted by Gasteiger charge is 2.11. The number of rotatable bonds is 5. The van der Waals surface area contributed by atoms with E-state index in [-0.39, 0.29) is 11.9 Å². The van der Waals surface area contributed by atoms with Crippen LogP contribution in [0.1, 0.15) is 13.8 Å². The Labute approximate surface area is 128 Å². The zero-order chi connectivity index (χ0) is 15.4. The summed E-state index contributed by atoms with van der Waals surface area (Å²) in [6.45, 7) is 3.71. The van der Waals surface area contributed by atoms with Gasteiger partial charge in [0, 0.05) is 17.0 Å². The third kappa shape index (κ3) is 3.82. The van der Waals surface area contributed by atoms with Crippen LogP contribution in [-0.4, -0.2) is 12.4 Å². The fourth-order valence-corrected chi connectivity index (χ4v) is 2.47. The average molecular weight is 306 g/mol. The van der Waals surface area contributed by atoms with Gasteiger partial charge in [0.25, 0.3) is 0 Å². The molecule has 3 N–H and O–H groups in total. The Morgan fingerprint density at radius 1 is 1.19 bits per heavy atom. The van der Waals surface area contributed by atoms with Crippen molar-refractivity contribution in [1.29, 1.82) is 0 Å². The van der Waals surface area contributed by atoms with E-state index in [1.54, 1.807) is 17.8 Å². The molecule has 0 saturated carbocycles. The quantitative estimate of drug-likeness (QED) is 0.623. The Bertz CT molecular complexity index is 632. The molecule has 0 aliphatic rings. The second-order valence-electron chi connectivity index (χ2n) is 4.86. The van der Waals surface area contributed by atoms with E-state index < -0.39 is 5.82 Å². The molecule has 0 spiro atoms. The summed E-state index contributed by atoms with van der Waals surface area (Å²) in [4.78, 5) is 1.09. The number of benzene rings is 2. The summed E-state index contributed by atoms with van der Waals surface area (Å²) in [6, 6.07) is 10.8. The maximum Gasteiger partial charge on any atom is 0.167 e. The van der Waals surface area contributed by atoms with Gasteiger partial charge in [-0.1, -0.05) is 12.1 Å². The molecule has 5 heteroatoms. The smallest absolute Gasteiger partial charge is 0.167 e. The second kappa shape index (κ2) is 6.72. The van der Waals surface area contributed by atoms with E-state index in [0.29, 0.717) is 11.4 Å². The summed E-state index contributed by atoms with van der Waals surface area (Å²) in [7, 11) is 0. The third-order valence-corrected chi connectivity index (χ3v) is 3.64. The molecule has 2 rings (SSSR count). The lowest BCUT2D eigenvalue weighted by molar-refractivity contribution is 0.231. The monoisotopic (exact) mass is 306 g/mol. The highest BCUT2D eigenvalue weighted by atomic mass is 32.2. The number of hydrogen-bond acceptors (Lipinski definition) is 4. The van der Waals surface area contributed by atoms with E-state index in [2.05, 4.69) is 5.32 Å². The van der Waals surface area contributed by atoms with Gasteiger partial charge < -0.3 is 15.8 Å². The third-order valence-electron chi connectivity index (χ3n) is 2.84. The molecule has 21 heavy (non-hydrogen) atoms. The number of hydrogen-bond donors (Lipinski definition) is 2. The van der Waals surface area contributed by atoms with Crippen molar-refractivity contribution in [3.63, 3.8) is 0 Å². The van der Waals surface area contributed by atoms with Crippen molar-refractivity contribution in [2.45, 2.75) is 24.8 Å². The average Bonchev–Trinajstić information content (AvgIpc) is 2.44. The molecule has 0 saturated heterocycles. The maximum atomic E-state index is 13.8. The van der Waals surface area contributed by atoms with Gasteiger partial charge in [-0.25, -0.2) is 4.39 Å². The number of thioether (sulfide) groups is 1. The predicted molar refractivity (Wildman–Crippen MR) is 88.1 cm³/mol. The molecule has 0 aliphatic heterocycles. The minimum atomic E-state index is -0.454. The van der Waals surface area contributed by atoms with Gasteiger partial charge in [0.05, 0.1) is 23.2 Å². The van der Waals surface area contributed by atoms with Gasteiger partial charge in [0.2, 0.25) is 0 Å². The number of nitrogens with one attached hydrogen (secondary N) is 1. The van der Waals surface area contributed by atoms with E-state index in [4.69, 9.17) is 10.5 Å².